The Morgan fingerprint density at radius 1 is 1.26 bits per heavy atom. The van der Waals surface area contributed by atoms with E-state index < -0.39 is 6.10 Å². The second kappa shape index (κ2) is 7.17. The topological polar surface area (TPSA) is 38.3 Å². The van der Waals surface area contributed by atoms with Gasteiger partial charge in [0.05, 0.1) is 0 Å². The molecule has 3 heteroatoms. The number of nitrogens with one attached hydrogen (secondary N) is 1. The number of hydrogen-bond donors (Lipinski definition) is 1. The summed E-state index contributed by atoms with van der Waals surface area (Å²) in [7, 11) is 0. The standard InChI is InChI=1S/C16H25NO2/c1-6-13(5)17-16(18)14(7-2)19-15-10-11(3)8-9-12(15)4/h8-10,13-14H,6-7H2,1-5H3,(H,17,18)/t13-,14-/m1/s1. The molecule has 0 aliphatic carbocycles. The molecule has 106 valence electrons. The molecule has 0 spiro atoms. The molecule has 3 nitrogen and oxygen atoms in total. The second-order valence-electron chi connectivity index (χ2n) is 5.10. The first kappa shape index (κ1) is 15.5. The van der Waals surface area contributed by atoms with E-state index in [9.17, 15) is 4.79 Å². The predicted molar refractivity (Wildman–Crippen MR) is 78.5 cm³/mol. The fourth-order valence-electron chi connectivity index (χ4n) is 1.75. The molecule has 19 heavy (non-hydrogen) atoms. The van der Waals surface area contributed by atoms with Crippen LogP contribution in [0.2, 0.25) is 0 Å². The van der Waals surface area contributed by atoms with Crippen molar-refractivity contribution in [2.45, 2.75) is 59.6 Å². The van der Waals surface area contributed by atoms with E-state index in [4.69, 9.17) is 4.74 Å². The summed E-state index contributed by atoms with van der Waals surface area (Å²) >= 11 is 0. The Hall–Kier alpha value is -1.51. The number of hydrogen-bond acceptors (Lipinski definition) is 2. The van der Waals surface area contributed by atoms with Crippen molar-refractivity contribution in [2.75, 3.05) is 0 Å². The molecule has 0 radical (unpaired) electrons. The average Bonchev–Trinajstić information content (AvgIpc) is 2.39. The Bertz CT molecular complexity index is 429. The summed E-state index contributed by atoms with van der Waals surface area (Å²) < 4.78 is 5.87. The minimum atomic E-state index is -0.422. The van der Waals surface area contributed by atoms with Gasteiger partial charge >= 0.3 is 0 Å². The highest BCUT2D eigenvalue weighted by Crippen LogP contribution is 2.21. The Morgan fingerprint density at radius 2 is 1.95 bits per heavy atom. The van der Waals surface area contributed by atoms with Crippen LogP contribution in [-0.2, 0) is 4.79 Å². The zero-order valence-corrected chi connectivity index (χ0v) is 12.6. The van der Waals surface area contributed by atoms with E-state index in [1.54, 1.807) is 0 Å². The predicted octanol–water partition coefficient (Wildman–Crippen LogP) is 3.38. The van der Waals surface area contributed by atoms with E-state index in [0.29, 0.717) is 6.42 Å². The van der Waals surface area contributed by atoms with Crippen LogP contribution in [0.5, 0.6) is 5.75 Å². The van der Waals surface area contributed by atoms with Gasteiger partial charge in [0, 0.05) is 6.04 Å². The zero-order chi connectivity index (χ0) is 14.4. The van der Waals surface area contributed by atoms with Crippen molar-refractivity contribution in [1.82, 2.24) is 5.32 Å². The van der Waals surface area contributed by atoms with Gasteiger partial charge in [0.1, 0.15) is 5.75 Å². The molecule has 0 heterocycles. The molecule has 0 saturated carbocycles. The molecule has 0 fully saturated rings. The van der Waals surface area contributed by atoms with Gasteiger partial charge in [-0.1, -0.05) is 26.0 Å². The highest BCUT2D eigenvalue weighted by atomic mass is 16.5. The molecule has 1 N–H and O–H groups in total. The Kier molecular flexibility index (Phi) is 5.87. The fourth-order valence-corrected chi connectivity index (χ4v) is 1.75. The number of carbonyl (C=O) groups excluding carboxylic acids is 1. The van der Waals surface area contributed by atoms with Crippen LogP contribution in [-0.4, -0.2) is 18.1 Å². The lowest BCUT2D eigenvalue weighted by molar-refractivity contribution is -0.128. The fraction of sp³-hybridized carbons (Fsp3) is 0.562. The maximum absolute atomic E-state index is 12.1. The van der Waals surface area contributed by atoms with Crippen molar-refractivity contribution in [3.8, 4) is 5.75 Å². The minimum Gasteiger partial charge on any atom is -0.480 e. The van der Waals surface area contributed by atoms with Gasteiger partial charge in [-0.25, -0.2) is 0 Å². The van der Waals surface area contributed by atoms with E-state index in [1.165, 1.54) is 0 Å². The summed E-state index contributed by atoms with van der Waals surface area (Å²) in [5.74, 6) is 0.768. The van der Waals surface area contributed by atoms with Crippen LogP contribution in [0.4, 0.5) is 0 Å². The Morgan fingerprint density at radius 3 is 2.53 bits per heavy atom. The van der Waals surface area contributed by atoms with Crippen molar-refractivity contribution in [1.29, 1.82) is 0 Å². The molecule has 1 aromatic carbocycles. The Labute approximate surface area is 116 Å². The van der Waals surface area contributed by atoms with Crippen LogP contribution in [0.1, 0.15) is 44.7 Å². The van der Waals surface area contributed by atoms with E-state index >= 15 is 0 Å². The Balaban J connectivity index is 2.76. The molecule has 0 aliphatic heterocycles. The SMILES string of the molecule is CC[C@@H](C)NC(=O)[C@@H](CC)Oc1cc(C)ccc1C. The molecule has 0 aromatic heterocycles. The molecule has 2 atom stereocenters. The molecular formula is C16H25NO2. The van der Waals surface area contributed by atoms with Crippen LogP contribution in [0, 0.1) is 13.8 Å². The maximum atomic E-state index is 12.1. The van der Waals surface area contributed by atoms with Gasteiger partial charge in [-0.05, 0) is 50.8 Å². The van der Waals surface area contributed by atoms with Crippen LogP contribution >= 0.6 is 0 Å². The number of rotatable bonds is 6. The molecule has 1 amide bonds. The smallest absolute Gasteiger partial charge is 0.261 e. The first-order valence-electron chi connectivity index (χ1n) is 7.02. The van der Waals surface area contributed by atoms with Crippen molar-refractivity contribution in [2.24, 2.45) is 0 Å². The number of benzene rings is 1. The second-order valence-corrected chi connectivity index (χ2v) is 5.10. The van der Waals surface area contributed by atoms with Gasteiger partial charge in [0.15, 0.2) is 6.10 Å². The first-order chi connectivity index (χ1) is 8.97. The lowest BCUT2D eigenvalue weighted by Crippen LogP contribution is -2.42. The number of ether oxygens (including phenoxy) is 1. The van der Waals surface area contributed by atoms with E-state index in [-0.39, 0.29) is 11.9 Å². The molecule has 0 aliphatic rings. The summed E-state index contributed by atoms with van der Waals surface area (Å²) in [4.78, 5) is 12.1. The summed E-state index contributed by atoms with van der Waals surface area (Å²) in [6.45, 7) is 10.0. The summed E-state index contributed by atoms with van der Waals surface area (Å²) in [6, 6.07) is 6.23. The van der Waals surface area contributed by atoms with Gasteiger partial charge in [-0.15, -0.1) is 0 Å². The van der Waals surface area contributed by atoms with Crippen LogP contribution in [0.3, 0.4) is 0 Å². The molecule has 1 aromatic rings. The van der Waals surface area contributed by atoms with Crippen LogP contribution < -0.4 is 10.1 Å². The quantitative estimate of drug-likeness (QED) is 0.854. The third kappa shape index (κ3) is 4.58. The zero-order valence-electron chi connectivity index (χ0n) is 12.6. The summed E-state index contributed by atoms with van der Waals surface area (Å²) in [6.07, 6.45) is 1.16. The average molecular weight is 263 g/mol. The highest BCUT2D eigenvalue weighted by Gasteiger charge is 2.20. The molecule has 1 rings (SSSR count). The molecule has 0 bridgehead atoms. The van der Waals surface area contributed by atoms with Gasteiger partial charge in [-0.3, -0.25) is 4.79 Å². The summed E-state index contributed by atoms with van der Waals surface area (Å²) in [5, 5.41) is 2.97. The number of carbonyl (C=O) groups is 1. The monoisotopic (exact) mass is 263 g/mol. The first-order valence-corrected chi connectivity index (χ1v) is 7.02. The molecule has 0 saturated heterocycles. The van der Waals surface area contributed by atoms with Gasteiger partial charge in [0.25, 0.3) is 5.91 Å². The van der Waals surface area contributed by atoms with Crippen molar-refractivity contribution >= 4 is 5.91 Å². The normalized spacial score (nSPS) is 13.7. The van der Waals surface area contributed by atoms with Crippen molar-refractivity contribution in [3.05, 3.63) is 29.3 Å². The van der Waals surface area contributed by atoms with Crippen LogP contribution in [0.15, 0.2) is 18.2 Å². The molecule has 0 unspecified atom stereocenters. The van der Waals surface area contributed by atoms with E-state index in [2.05, 4.69) is 12.2 Å². The van der Waals surface area contributed by atoms with Gasteiger partial charge in [-0.2, -0.15) is 0 Å². The van der Waals surface area contributed by atoms with E-state index in [0.717, 1.165) is 23.3 Å². The minimum absolute atomic E-state index is 0.0299. The van der Waals surface area contributed by atoms with Crippen LogP contribution in [0.25, 0.3) is 0 Å². The third-order valence-electron chi connectivity index (χ3n) is 3.28. The van der Waals surface area contributed by atoms with E-state index in [1.807, 2.05) is 45.9 Å². The number of aryl methyl sites for hydroxylation is 2. The summed E-state index contributed by atoms with van der Waals surface area (Å²) in [5.41, 5.74) is 2.19. The van der Waals surface area contributed by atoms with Crippen molar-refractivity contribution in [3.63, 3.8) is 0 Å². The molecular weight excluding hydrogens is 238 g/mol. The lowest BCUT2D eigenvalue weighted by Gasteiger charge is -2.21. The number of amides is 1. The maximum Gasteiger partial charge on any atom is 0.261 e. The lowest BCUT2D eigenvalue weighted by atomic mass is 10.1. The van der Waals surface area contributed by atoms with Crippen molar-refractivity contribution < 1.29 is 9.53 Å². The van der Waals surface area contributed by atoms with Gasteiger partial charge < -0.3 is 10.1 Å². The highest BCUT2D eigenvalue weighted by molar-refractivity contribution is 5.81. The third-order valence-corrected chi connectivity index (χ3v) is 3.28. The largest absolute Gasteiger partial charge is 0.480 e. The van der Waals surface area contributed by atoms with Gasteiger partial charge in [0.2, 0.25) is 0 Å².